The second kappa shape index (κ2) is 6.16. The molecule has 2 rings (SSSR count). The maximum atomic E-state index is 10.3. The summed E-state index contributed by atoms with van der Waals surface area (Å²) in [6, 6.07) is 10.1. The van der Waals surface area contributed by atoms with Crippen molar-refractivity contribution in [3.05, 3.63) is 47.5 Å². The van der Waals surface area contributed by atoms with Gasteiger partial charge >= 0.3 is 0 Å². The van der Waals surface area contributed by atoms with Gasteiger partial charge in [0.15, 0.2) is 0 Å². The summed E-state index contributed by atoms with van der Waals surface area (Å²) in [7, 11) is 0. The predicted molar refractivity (Wildman–Crippen MR) is 71.1 cm³/mol. The first-order valence-electron chi connectivity index (χ1n) is 6.45. The first-order valence-corrected chi connectivity index (χ1v) is 6.45. The highest BCUT2D eigenvalue weighted by Gasteiger charge is 2.20. The van der Waals surface area contributed by atoms with Crippen molar-refractivity contribution in [3.63, 3.8) is 0 Å². The third-order valence-corrected chi connectivity index (χ3v) is 3.74. The SMILES string of the molecule is N#Cc1ccc([C@H]2CC[C@H](/C=C/C=O)CC2)cc1. The Balaban J connectivity index is 1.94. The molecule has 1 aliphatic rings. The average Bonchev–Trinajstić information content (AvgIpc) is 2.46. The molecule has 0 radical (unpaired) electrons. The smallest absolute Gasteiger partial charge is 0.142 e. The van der Waals surface area contributed by atoms with Crippen molar-refractivity contribution in [2.75, 3.05) is 0 Å². The van der Waals surface area contributed by atoms with Crippen LogP contribution in [0.5, 0.6) is 0 Å². The Morgan fingerprint density at radius 1 is 1.11 bits per heavy atom. The van der Waals surface area contributed by atoms with E-state index in [4.69, 9.17) is 5.26 Å². The Labute approximate surface area is 108 Å². The predicted octanol–water partition coefficient (Wildman–Crippen LogP) is 3.59. The van der Waals surface area contributed by atoms with Gasteiger partial charge in [0.2, 0.25) is 0 Å². The maximum Gasteiger partial charge on any atom is 0.142 e. The summed E-state index contributed by atoms with van der Waals surface area (Å²) >= 11 is 0. The molecule has 0 N–H and O–H groups in total. The molecule has 1 aliphatic carbocycles. The lowest BCUT2D eigenvalue weighted by Gasteiger charge is -2.27. The van der Waals surface area contributed by atoms with Gasteiger partial charge in [-0.15, -0.1) is 0 Å². The maximum absolute atomic E-state index is 10.3. The van der Waals surface area contributed by atoms with Crippen molar-refractivity contribution in [1.82, 2.24) is 0 Å². The third-order valence-electron chi connectivity index (χ3n) is 3.74. The second-order valence-electron chi connectivity index (χ2n) is 4.87. The van der Waals surface area contributed by atoms with E-state index in [1.807, 2.05) is 18.2 Å². The van der Waals surface area contributed by atoms with Crippen LogP contribution in [-0.4, -0.2) is 6.29 Å². The highest BCUT2D eigenvalue weighted by atomic mass is 16.1. The molecule has 0 aromatic heterocycles. The van der Waals surface area contributed by atoms with E-state index in [-0.39, 0.29) is 0 Å². The minimum Gasteiger partial charge on any atom is -0.299 e. The molecule has 1 fully saturated rings. The average molecular weight is 239 g/mol. The molecule has 92 valence electrons. The fraction of sp³-hybridized carbons (Fsp3) is 0.375. The Bertz CT molecular complexity index is 459. The van der Waals surface area contributed by atoms with Crippen LogP contribution in [0.3, 0.4) is 0 Å². The van der Waals surface area contributed by atoms with Crippen LogP contribution in [0.1, 0.15) is 42.7 Å². The number of benzene rings is 1. The molecule has 0 amide bonds. The van der Waals surface area contributed by atoms with Gasteiger partial charge in [-0.3, -0.25) is 4.79 Å². The zero-order valence-electron chi connectivity index (χ0n) is 10.4. The number of allylic oxidation sites excluding steroid dienone is 2. The molecule has 1 aromatic rings. The molecule has 2 heteroatoms. The van der Waals surface area contributed by atoms with Crippen molar-refractivity contribution in [3.8, 4) is 6.07 Å². The number of carbonyl (C=O) groups excluding carboxylic acids is 1. The monoisotopic (exact) mass is 239 g/mol. The molecule has 0 saturated heterocycles. The van der Waals surface area contributed by atoms with E-state index < -0.39 is 0 Å². The first-order chi connectivity index (χ1) is 8.83. The van der Waals surface area contributed by atoms with E-state index >= 15 is 0 Å². The van der Waals surface area contributed by atoms with Crippen molar-refractivity contribution in [2.45, 2.75) is 31.6 Å². The van der Waals surface area contributed by atoms with Crippen molar-refractivity contribution in [1.29, 1.82) is 5.26 Å². The van der Waals surface area contributed by atoms with Crippen LogP contribution in [0.2, 0.25) is 0 Å². The van der Waals surface area contributed by atoms with Crippen molar-refractivity contribution < 1.29 is 4.79 Å². The lowest BCUT2D eigenvalue weighted by Crippen LogP contribution is -2.11. The van der Waals surface area contributed by atoms with E-state index in [1.54, 1.807) is 6.08 Å². The number of hydrogen-bond donors (Lipinski definition) is 0. The molecule has 18 heavy (non-hydrogen) atoms. The zero-order chi connectivity index (χ0) is 12.8. The molecule has 0 bridgehead atoms. The van der Waals surface area contributed by atoms with E-state index in [0.29, 0.717) is 11.8 Å². The van der Waals surface area contributed by atoms with E-state index in [9.17, 15) is 4.79 Å². The molecule has 0 atom stereocenters. The molecule has 1 aromatic carbocycles. The standard InChI is InChI=1S/C16H17NO/c17-12-14-5-9-16(10-6-14)15-7-3-13(4-8-15)2-1-11-18/h1-2,5-6,9-11,13,15H,3-4,7-8H2/b2-1+/t13-,15-. The number of nitriles is 1. The zero-order valence-corrected chi connectivity index (χ0v) is 10.4. The molecule has 1 saturated carbocycles. The highest BCUT2D eigenvalue weighted by Crippen LogP contribution is 2.36. The summed E-state index contributed by atoms with van der Waals surface area (Å²) in [5.41, 5.74) is 2.06. The van der Waals surface area contributed by atoms with E-state index in [2.05, 4.69) is 18.2 Å². The number of hydrogen-bond acceptors (Lipinski definition) is 2. The summed E-state index contributed by atoms with van der Waals surface area (Å²) in [6.07, 6.45) is 9.13. The number of rotatable bonds is 3. The largest absolute Gasteiger partial charge is 0.299 e. The van der Waals surface area contributed by atoms with Gasteiger partial charge in [-0.2, -0.15) is 5.26 Å². The summed E-state index contributed by atoms with van der Waals surface area (Å²) in [4.78, 5) is 10.3. The van der Waals surface area contributed by atoms with E-state index in [0.717, 1.165) is 24.7 Å². The lowest BCUT2D eigenvalue weighted by molar-refractivity contribution is -0.104. The number of nitrogens with zero attached hydrogens (tertiary/aromatic N) is 1. The Hall–Kier alpha value is -1.88. The van der Waals surface area contributed by atoms with Crippen molar-refractivity contribution in [2.24, 2.45) is 5.92 Å². The summed E-state index contributed by atoms with van der Waals surface area (Å²) in [5.74, 6) is 1.17. The van der Waals surface area contributed by atoms with Crippen LogP contribution in [0.25, 0.3) is 0 Å². The van der Waals surface area contributed by atoms with Gasteiger partial charge < -0.3 is 0 Å². The number of carbonyl (C=O) groups is 1. The molecular formula is C16H17NO. The quantitative estimate of drug-likeness (QED) is 0.597. The fourth-order valence-electron chi connectivity index (χ4n) is 2.68. The summed E-state index contributed by atoms with van der Waals surface area (Å²) in [6.45, 7) is 0. The molecule has 0 heterocycles. The minimum absolute atomic E-state index is 0.560. The Morgan fingerprint density at radius 3 is 2.33 bits per heavy atom. The van der Waals surface area contributed by atoms with Gasteiger partial charge in [0, 0.05) is 0 Å². The van der Waals surface area contributed by atoms with Gasteiger partial charge in [-0.1, -0.05) is 18.2 Å². The molecule has 2 nitrogen and oxygen atoms in total. The molecule has 0 aliphatic heterocycles. The van der Waals surface area contributed by atoms with Gasteiger partial charge in [0.25, 0.3) is 0 Å². The topological polar surface area (TPSA) is 40.9 Å². The molecule has 0 spiro atoms. The van der Waals surface area contributed by atoms with Crippen LogP contribution in [0.15, 0.2) is 36.4 Å². The Morgan fingerprint density at radius 2 is 1.78 bits per heavy atom. The van der Waals surface area contributed by atoms with Crippen LogP contribution < -0.4 is 0 Å². The van der Waals surface area contributed by atoms with E-state index in [1.165, 1.54) is 18.4 Å². The lowest BCUT2D eigenvalue weighted by atomic mass is 9.78. The third kappa shape index (κ3) is 3.07. The normalized spacial score (nSPS) is 23.7. The molecular weight excluding hydrogens is 222 g/mol. The summed E-state index contributed by atoms with van der Waals surface area (Å²) in [5, 5.41) is 8.77. The van der Waals surface area contributed by atoms with Gasteiger partial charge in [-0.05, 0) is 61.3 Å². The summed E-state index contributed by atoms with van der Waals surface area (Å²) < 4.78 is 0. The Kier molecular flexibility index (Phi) is 4.30. The van der Waals surface area contributed by atoms with Crippen LogP contribution in [-0.2, 0) is 4.79 Å². The van der Waals surface area contributed by atoms with Gasteiger partial charge in [0.05, 0.1) is 11.6 Å². The fourth-order valence-corrected chi connectivity index (χ4v) is 2.68. The van der Waals surface area contributed by atoms with Crippen LogP contribution in [0, 0.1) is 17.2 Å². The molecule has 0 unspecified atom stereocenters. The van der Waals surface area contributed by atoms with Crippen molar-refractivity contribution >= 4 is 6.29 Å². The van der Waals surface area contributed by atoms with Crippen LogP contribution in [0.4, 0.5) is 0 Å². The van der Waals surface area contributed by atoms with Crippen LogP contribution >= 0.6 is 0 Å². The van der Waals surface area contributed by atoms with Gasteiger partial charge in [-0.25, -0.2) is 0 Å². The first kappa shape index (κ1) is 12.6. The number of aldehydes is 1. The van der Waals surface area contributed by atoms with Gasteiger partial charge in [0.1, 0.15) is 6.29 Å². The highest BCUT2D eigenvalue weighted by molar-refractivity contribution is 5.64. The second-order valence-corrected chi connectivity index (χ2v) is 4.87. The minimum atomic E-state index is 0.560.